The van der Waals surface area contributed by atoms with Gasteiger partial charge in [-0.3, -0.25) is 10.2 Å². The van der Waals surface area contributed by atoms with Crippen LogP contribution in [0.15, 0.2) is 34.7 Å². The second kappa shape index (κ2) is 5.93. The van der Waals surface area contributed by atoms with Gasteiger partial charge in [-0.15, -0.1) is 11.3 Å². The van der Waals surface area contributed by atoms with E-state index in [1.807, 2.05) is 0 Å². The Kier molecular flexibility index (Phi) is 4.17. The zero-order valence-corrected chi connectivity index (χ0v) is 13.6. The number of ketones is 1. The summed E-state index contributed by atoms with van der Waals surface area (Å²) in [6.45, 7) is 0. The van der Waals surface area contributed by atoms with Crippen LogP contribution < -0.4 is 0 Å². The van der Waals surface area contributed by atoms with Gasteiger partial charge < -0.3 is 0 Å². The largest absolute Gasteiger partial charge is 0.297 e. The van der Waals surface area contributed by atoms with Crippen LogP contribution in [0.1, 0.15) is 16.5 Å². The molecule has 1 unspecified atom stereocenters. The number of rotatable bonds is 2. The van der Waals surface area contributed by atoms with Gasteiger partial charge in [0, 0.05) is 21.6 Å². The number of nitrogens with zero attached hydrogens (tertiary/aromatic N) is 1. The summed E-state index contributed by atoms with van der Waals surface area (Å²) in [5.74, 6) is -0.682. The fourth-order valence-electron chi connectivity index (χ4n) is 1.95. The maximum Gasteiger partial charge on any atom is 0.186 e. The molecule has 1 aromatic heterocycles. The second-order valence-corrected chi connectivity index (χ2v) is 7.16. The van der Waals surface area contributed by atoms with E-state index >= 15 is 0 Å². The first-order valence-electron chi connectivity index (χ1n) is 5.93. The van der Waals surface area contributed by atoms with Gasteiger partial charge in [0.15, 0.2) is 5.78 Å². The molecule has 7 heteroatoms. The zero-order valence-electron chi connectivity index (χ0n) is 10.5. The third kappa shape index (κ3) is 2.92. The highest BCUT2D eigenvalue weighted by Crippen LogP contribution is 2.41. The highest BCUT2D eigenvalue weighted by atomic mass is 35.5. The minimum atomic E-state index is -0.577. The number of benzene rings is 1. The van der Waals surface area contributed by atoms with Crippen molar-refractivity contribution < 1.29 is 4.79 Å². The Morgan fingerprint density at radius 3 is 2.81 bits per heavy atom. The van der Waals surface area contributed by atoms with Crippen molar-refractivity contribution in [1.82, 2.24) is 4.98 Å². The number of hydrogen-bond acceptors (Lipinski definition) is 5. The van der Waals surface area contributed by atoms with E-state index in [2.05, 4.69) is 4.98 Å². The van der Waals surface area contributed by atoms with Gasteiger partial charge in [-0.05, 0) is 23.8 Å². The van der Waals surface area contributed by atoms with Crippen LogP contribution in [0.3, 0.4) is 0 Å². The molecule has 1 fully saturated rings. The van der Waals surface area contributed by atoms with Gasteiger partial charge in [-0.2, -0.15) is 0 Å². The predicted molar refractivity (Wildman–Crippen MR) is 89.6 cm³/mol. The summed E-state index contributed by atoms with van der Waals surface area (Å²) in [7, 11) is 0. The maximum absolute atomic E-state index is 12.5. The van der Waals surface area contributed by atoms with Crippen molar-refractivity contribution in [3.63, 3.8) is 0 Å². The van der Waals surface area contributed by atoms with Gasteiger partial charge >= 0.3 is 0 Å². The molecule has 0 saturated carbocycles. The van der Waals surface area contributed by atoms with E-state index in [4.69, 9.17) is 28.6 Å². The Morgan fingerprint density at radius 2 is 2.14 bits per heavy atom. The molecule has 2 aromatic rings. The lowest BCUT2D eigenvalue weighted by Gasteiger charge is -2.02. The molecule has 2 heterocycles. The third-order valence-electron chi connectivity index (χ3n) is 2.93. The van der Waals surface area contributed by atoms with Crippen molar-refractivity contribution in [3.05, 3.63) is 55.3 Å². The number of hydrogen-bond donors (Lipinski definition) is 1. The van der Waals surface area contributed by atoms with Crippen molar-refractivity contribution >= 4 is 63.2 Å². The molecule has 1 aliphatic heterocycles. The quantitative estimate of drug-likeness (QED) is 0.782. The zero-order chi connectivity index (χ0) is 15.0. The predicted octanol–water partition coefficient (Wildman–Crippen LogP) is 4.87. The molecule has 1 aliphatic rings. The molecule has 1 aromatic carbocycles. The number of thiazole rings is 1. The van der Waals surface area contributed by atoms with E-state index in [0.29, 0.717) is 30.6 Å². The summed E-state index contributed by atoms with van der Waals surface area (Å²) in [5.41, 5.74) is 0.713. The van der Waals surface area contributed by atoms with Crippen molar-refractivity contribution in [2.45, 2.75) is 5.92 Å². The molecule has 1 atom stereocenters. The monoisotopic (exact) mass is 354 g/mol. The van der Waals surface area contributed by atoms with E-state index in [9.17, 15) is 4.79 Å². The van der Waals surface area contributed by atoms with Gasteiger partial charge in [0.2, 0.25) is 0 Å². The first kappa shape index (κ1) is 14.8. The Morgan fingerprint density at radius 1 is 1.33 bits per heavy atom. The van der Waals surface area contributed by atoms with E-state index in [-0.39, 0.29) is 5.78 Å². The fraction of sp³-hybridized carbons (Fsp3) is 0.0714. The molecular weight excluding hydrogens is 347 g/mol. The number of thioether (sulfide) groups is 1. The lowest BCUT2D eigenvalue weighted by Crippen LogP contribution is -2.11. The molecule has 106 valence electrons. The smallest absolute Gasteiger partial charge is 0.186 e. The Hall–Kier alpha value is -1.14. The van der Waals surface area contributed by atoms with Crippen LogP contribution >= 0.6 is 46.3 Å². The SMILES string of the molecule is N=C1SC(=Cc2ccc(Cl)cc2Cl)C(=O)C1c1nccs1. The maximum atomic E-state index is 12.5. The third-order valence-corrected chi connectivity index (χ3v) is 5.33. The molecule has 1 saturated heterocycles. The number of carbonyl (C=O) groups is 1. The lowest BCUT2D eigenvalue weighted by atomic mass is 10.1. The summed E-state index contributed by atoms with van der Waals surface area (Å²) < 4.78 is 0. The number of nitrogens with one attached hydrogen (secondary N) is 1. The molecule has 0 radical (unpaired) electrons. The first-order chi connectivity index (χ1) is 10.1. The molecule has 0 spiro atoms. The number of carbonyl (C=O) groups excluding carboxylic acids is 1. The molecule has 1 N–H and O–H groups in total. The average molecular weight is 355 g/mol. The second-order valence-electron chi connectivity index (χ2n) is 4.31. The molecule has 3 nitrogen and oxygen atoms in total. The van der Waals surface area contributed by atoms with Crippen LogP contribution in [-0.4, -0.2) is 15.8 Å². The molecule has 0 aliphatic carbocycles. The van der Waals surface area contributed by atoms with Gasteiger partial charge in [-0.25, -0.2) is 4.98 Å². The minimum Gasteiger partial charge on any atom is -0.297 e. The van der Waals surface area contributed by atoms with E-state index in [1.54, 1.807) is 35.9 Å². The van der Waals surface area contributed by atoms with E-state index in [0.717, 1.165) is 11.8 Å². The van der Waals surface area contributed by atoms with Gasteiger partial charge in [0.05, 0.1) is 9.95 Å². The Labute approximate surface area is 139 Å². The number of allylic oxidation sites excluding steroid dienone is 1. The molecule has 0 bridgehead atoms. The first-order valence-corrected chi connectivity index (χ1v) is 8.38. The van der Waals surface area contributed by atoms with Crippen LogP contribution in [0, 0.1) is 5.41 Å². The van der Waals surface area contributed by atoms with Crippen LogP contribution in [0.5, 0.6) is 0 Å². The van der Waals surface area contributed by atoms with Crippen molar-refractivity contribution in [1.29, 1.82) is 5.41 Å². The summed E-state index contributed by atoms with van der Waals surface area (Å²) in [5, 5.41) is 11.8. The number of Topliss-reactive ketones (excluding diaryl/α,β-unsaturated/α-hetero) is 1. The molecular formula is C14H8Cl2N2OS2. The van der Waals surface area contributed by atoms with Crippen LogP contribution in [0.25, 0.3) is 6.08 Å². The summed E-state index contributed by atoms with van der Waals surface area (Å²) in [6.07, 6.45) is 3.34. The number of halogens is 2. The summed E-state index contributed by atoms with van der Waals surface area (Å²) in [4.78, 5) is 17.1. The average Bonchev–Trinajstić information content (AvgIpc) is 3.02. The van der Waals surface area contributed by atoms with Crippen LogP contribution in [-0.2, 0) is 4.79 Å². The summed E-state index contributed by atoms with van der Waals surface area (Å²) >= 11 is 14.5. The molecule has 0 amide bonds. The number of aromatic nitrogens is 1. The normalized spacial score (nSPS) is 20.5. The standard InChI is InChI=1S/C14H8Cl2N2OS2/c15-8-2-1-7(9(16)6-8)5-10-12(19)11(13(17)21-10)14-18-3-4-20-14/h1-6,11,17H. The molecule has 3 rings (SSSR count). The van der Waals surface area contributed by atoms with Gasteiger partial charge in [0.1, 0.15) is 10.9 Å². The van der Waals surface area contributed by atoms with Gasteiger partial charge in [-0.1, -0.05) is 41.0 Å². The minimum absolute atomic E-state index is 0.106. The van der Waals surface area contributed by atoms with Crippen LogP contribution in [0.2, 0.25) is 10.0 Å². The lowest BCUT2D eigenvalue weighted by molar-refractivity contribution is -0.114. The van der Waals surface area contributed by atoms with Gasteiger partial charge in [0.25, 0.3) is 0 Å². The van der Waals surface area contributed by atoms with E-state index < -0.39 is 5.92 Å². The Bertz CT molecular complexity index is 756. The highest BCUT2D eigenvalue weighted by Gasteiger charge is 2.38. The van der Waals surface area contributed by atoms with Crippen molar-refractivity contribution in [2.75, 3.05) is 0 Å². The summed E-state index contributed by atoms with van der Waals surface area (Å²) in [6, 6.07) is 5.10. The van der Waals surface area contributed by atoms with E-state index in [1.165, 1.54) is 11.3 Å². The topological polar surface area (TPSA) is 53.8 Å². The Balaban J connectivity index is 1.95. The molecule has 21 heavy (non-hydrogen) atoms. The fourth-order valence-corrected chi connectivity index (χ4v) is 4.21. The van der Waals surface area contributed by atoms with Crippen molar-refractivity contribution in [2.24, 2.45) is 0 Å². The van der Waals surface area contributed by atoms with Crippen molar-refractivity contribution in [3.8, 4) is 0 Å². The highest BCUT2D eigenvalue weighted by molar-refractivity contribution is 8.19. The van der Waals surface area contributed by atoms with Crippen LogP contribution in [0.4, 0.5) is 0 Å².